The summed E-state index contributed by atoms with van der Waals surface area (Å²) in [7, 11) is -1.50. The molecule has 0 bridgehead atoms. The van der Waals surface area contributed by atoms with Crippen LogP contribution in [-0.4, -0.2) is 45.2 Å². The first-order valence-electron chi connectivity index (χ1n) is 9.48. The Morgan fingerprint density at radius 1 is 1.14 bits per heavy atom. The fourth-order valence-corrected chi connectivity index (χ4v) is 4.95. The van der Waals surface area contributed by atoms with Crippen LogP contribution in [0.1, 0.15) is 35.7 Å². The molecular formula is C21H26N2O4S. The minimum Gasteiger partial charge on any atom is -0.494 e. The lowest BCUT2D eigenvalue weighted by molar-refractivity contribution is 0.0785. The fourth-order valence-electron chi connectivity index (χ4n) is 3.32. The zero-order valence-electron chi connectivity index (χ0n) is 16.3. The Kier molecular flexibility index (Phi) is 6.24. The maximum absolute atomic E-state index is 12.7. The van der Waals surface area contributed by atoms with Gasteiger partial charge < -0.3 is 9.64 Å². The summed E-state index contributed by atoms with van der Waals surface area (Å²) in [4.78, 5) is 14.4. The molecule has 0 saturated carbocycles. The lowest BCUT2D eigenvalue weighted by Gasteiger charge is -2.28. The number of carbonyl (C=O) groups is 1. The van der Waals surface area contributed by atoms with Crippen molar-refractivity contribution in [1.82, 2.24) is 4.90 Å². The molecule has 0 atom stereocenters. The lowest BCUT2D eigenvalue weighted by atomic mass is 10.1. The Labute approximate surface area is 166 Å². The molecule has 7 heteroatoms. The van der Waals surface area contributed by atoms with E-state index in [0.29, 0.717) is 37.4 Å². The van der Waals surface area contributed by atoms with E-state index in [1.54, 1.807) is 36.2 Å². The average Bonchev–Trinajstić information content (AvgIpc) is 2.68. The SMILES string of the molecule is CCOc1cccc(CN(C)C(=O)c2ccc(N3CCCCS3(=O)=O)cc2)c1. The molecule has 1 aliphatic rings. The van der Waals surface area contributed by atoms with E-state index in [2.05, 4.69) is 0 Å². The molecule has 0 spiro atoms. The summed E-state index contributed by atoms with van der Waals surface area (Å²) in [6, 6.07) is 14.5. The van der Waals surface area contributed by atoms with Crippen LogP contribution in [0.3, 0.4) is 0 Å². The highest BCUT2D eigenvalue weighted by molar-refractivity contribution is 7.92. The Balaban J connectivity index is 1.69. The predicted molar refractivity (Wildman–Crippen MR) is 110 cm³/mol. The van der Waals surface area contributed by atoms with Crippen molar-refractivity contribution in [2.45, 2.75) is 26.3 Å². The Bertz CT molecular complexity index is 926. The second-order valence-electron chi connectivity index (χ2n) is 6.88. The lowest BCUT2D eigenvalue weighted by Crippen LogP contribution is -2.37. The van der Waals surface area contributed by atoms with Gasteiger partial charge >= 0.3 is 0 Å². The second kappa shape index (κ2) is 8.65. The highest BCUT2D eigenvalue weighted by atomic mass is 32.2. The molecule has 1 saturated heterocycles. The van der Waals surface area contributed by atoms with Gasteiger partial charge in [0.2, 0.25) is 10.0 Å². The summed E-state index contributed by atoms with van der Waals surface area (Å²) in [6.07, 6.45) is 1.55. The molecule has 0 N–H and O–H groups in total. The molecule has 0 aliphatic carbocycles. The van der Waals surface area contributed by atoms with Crippen LogP contribution in [0.2, 0.25) is 0 Å². The molecule has 2 aromatic rings. The zero-order valence-corrected chi connectivity index (χ0v) is 17.1. The number of nitrogens with zero attached hydrogens (tertiary/aromatic N) is 2. The number of amides is 1. The number of rotatable bonds is 6. The maximum atomic E-state index is 12.7. The molecule has 3 rings (SSSR count). The third-order valence-electron chi connectivity index (χ3n) is 4.73. The van der Waals surface area contributed by atoms with E-state index in [9.17, 15) is 13.2 Å². The maximum Gasteiger partial charge on any atom is 0.253 e. The van der Waals surface area contributed by atoms with E-state index in [0.717, 1.165) is 17.7 Å². The summed E-state index contributed by atoms with van der Waals surface area (Å²) in [5.41, 5.74) is 2.13. The average molecular weight is 403 g/mol. The number of anilines is 1. The zero-order chi connectivity index (χ0) is 20.1. The van der Waals surface area contributed by atoms with Crippen LogP contribution in [0, 0.1) is 0 Å². The molecule has 0 unspecified atom stereocenters. The van der Waals surface area contributed by atoms with Crippen LogP contribution in [0.5, 0.6) is 5.75 Å². The number of benzene rings is 2. The normalized spacial score (nSPS) is 15.9. The first kappa shape index (κ1) is 20.2. The molecule has 1 heterocycles. The number of hydrogen-bond donors (Lipinski definition) is 0. The highest BCUT2D eigenvalue weighted by Crippen LogP contribution is 2.24. The van der Waals surface area contributed by atoms with Gasteiger partial charge in [-0.05, 0) is 61.7 Å². The van der Waals surface area contributed by atoms with Crippen molar-refractivity contribution in [2.24, 2.45) is 0 Å². The second-order valence-corrected chi connectivity index (χ2v) is 8.90. The molecule has 0 aromatic heterocycles. The monoisotopic (exact) mass is 402 g/mol. The van der Waals surface area contributed by atoms with Gasteiger partial charge in [-0.15, -0.1) is 0 Å². The third kappa shape index (κ3) is 4.65. The van der Waals surface area contributed by atoms with Crippen LogP contribution in [0.25, 0.3) is 0 Å². The van der Waals surface area contributed by atoms with Crippen molar-refractivity contribution < 1.29 is 17.9 Å². The van der Waals surface area contributed by atoms with Gasteiger partial charge in [0.05, 0.1) is 18.0 Å². The van der Waals surface area contributed by atoms with Gasteiger partial charge in [-0.2, -0.15) is 0 Å². The molecular weight excluding hydrogens is 376 g/mol. The van der Waals surface area contributed by atoms with Crippen molar-refractivity contribution in [1.29, 1.82) is 0 Å². The van der Waals surface area contributed by atoms with Crippen LogP contribution in [0.15, 0.2) is 48.5 Å². The summed E-state index contributed by atoms with van der Waals surface area (Å²) < 4.78 is 31.4. The number of sulfonamides is 1. The summed E-state index contributed by atoms with van der Waals surface area (Å²) in [5, 5.41) is 0. The van der Waals surface area contributed by atoms with Gasteiger partial charge in [0.15, 0.2) is 0 Å². The largest absolute Gasteiger partial charge is 0.494 e. The van der Waals surface area contributed by atoms with Gasteiger partial charge in [0.1, 0.15) is 5.75 Å². The van der Waals surface area contributed by atoms with E-state index in [4.69, 9.17) is 4.74 Å². The van der Waals surface area contributed by atoms with Crippen molar-refractivity contribution >= 4 is 21.6 Å². The van der Waals surface area contributed by atoms with Gasteiger partial charge in [-0.25, -0.2) is 8.42 Å². The summed E-state index contributed by atoms with van der Waals surface area (Å²) in [6.45, 7) is 3.48. The van der Waals surface area contributed by atoms with Crippen LogP contribution in [-0.2, 0) is 16.6 Å². The molecule has 28 heavy (non-hydrogen) atoms. The van der Waals surface area contributed by atoms with Crippen molar-refractivity contribution in [3.8, 4) is 5.75 Å². The van der Waals surface area contributed by atoms with Gasteiger partial charge in [-0.1, -0.05) is 12.1 Å². The topological polar surface area (TPSA) is 66.9 Å². The summed E-state index contributed by atoms with van der Waals surface area (Å²) in [5.74, 6) is 0.847. The quantitative estimate of drug-likeness (QED) is 0.744. The fraction of sp³-hybridized carbons (Fsp3) is 0.381. The van der Waals surface area contributed by atoms with Crippen LogP contribution < -0.4 is 9.04 Å². The van der Waals surface area contributed by atoms with Crippen molar-refractivity contribution in [2.75, 3.05) is 30.3 Å². The Morgan fingerprint density at radius 2 is 1.89 bits per heavy atom. The van der Waals surface area contributed by atoms with Crippen LogP contribution in [0.4, 0.5) is 5.69 Å². The molecule has 2 aromatic carbocycles. The molecule has 6 nitrogen and oxygen atoms in total. The minimum absolute atomic E-state index is 0.116. The smallest absolute Gasteiger partial charge is 0.253 e. The van der Waals surface area contributed by atoms with Crippen molar-refractivity contribution in [3.05, 3.63) is 59.7 Å². The summed E-state index contributed by atoms with van der Waals surface area (Å²) >= 11 is 0. The first-order valence-corrected chi connectivity index (χ1v) is 11.1. The van der Waals surface area contributed by atoms with E-state index >= 15 is 0 Å². The Morgan fingerprint density at radius 3 is 2.57 bits per heavy atom. The third-order valence-corrected chi connectivity index (χ3v) is 6.60. The van der Waals surface area contributed by atoms with E-state index in [1.165, 1.54) is 4.31 Å². The van der Waals surface area contributed by atoms with E-state index in [1.807, 2.05) is 31.2 Å². The highest BCUT2D eigenvalue weighted by Gasteiger charge is 2.26. The van der Waals surface area contributed by atoms with Gasteiger partial charge in [0.25, 0.3) is 5.91 Å². The molecule has 0 radical (unpaired) electrons. The predicted octanol–water partition coefficient (Wildman–Crippen LogP) is 3.29. The molecule has 1 amide bonds. The first-order chi connectivity index (χ1) is 13.4. The molecule has 150 valence electrons. The number of carbonyl (C=O) groups excluding carboxylic acids is 1. The van der Waals surface area contributed by atoms with Crippen LogP contribution >= 0.6 is 0 Å². The molecule has 1 aliphatic heterocycles. The molecule has 1 fully saturated rings. The number of hydrogen-bond acceptors (Lipinski definition) is 4. The van der Waals surface area contributed by atoms with Gasteiger partial charge in [0, 0.05) is 25.7 Å². The Hall–Kier alpha value is -2.54. The standard InChI is InChI=1S/C21H26N2O4S/c1-3-27-20-8-6-7-17(15-20)16-22(2)21(24)18-9-11-19(12-10-18)23-13-4-5-14-28(23,25)26/h6-12,15H,3-5,13-14,16H2,1-2H3. The van der Waals surface area contributed by atoms with E-state index in [-0.39, 0.29) is 11.7 Å². The van der Waals surface area contributed by atoms with Gasteiger partial charge in [-0.3, -0.25) is 9.10 Å². The number of ether oxygens (including phenoxy) is 1. The van der Waals surface area contributed by atoms with E-state index < -0.39 is 10.0 Å². The minimum atomic E-state index is -3.25. The van der Waals surface area contributed by atoms with Crippen molar-refractivity contribution in [3.63, 3.8) is 0 Å².